The number of carboxylic acids is 1. The molecule has 2 N–H and O–H groups in total. The van der Waals surface area contributed by atoms with Gasteiger partial charge in [0, 0.05) is 12.1 Å². The molecule has 1 aromatic heterocycles. The molecule has 0 radical (unpaired) electrons. The second-order valence-electron chi connectivity index (χ2n) is 4.06. The Morgan fingerprint density at radius 1 is 1.40 bits per heavy atom. The van der Waals surface area contributed by atoms with Crippen LogP contribution in [0.15, 0.2) is 33.5 Å². The van der Waals surface area contributed by atoms with E-state index in [1.807, 2.05) is 0 Å². The fourth-order valence-corrected chi connectivity index (χ4v) is 1.66. The first-order valence-electron chi connectivity index (χ1n) is 5.69. The zero-order chi connectivity index (χ0) is 14.7. The number of alkyl halides is 1. The van der Waals surface area contributed by atoms with Crippen LogP contribution in [0.4, 0.5) is 0 Å². The molecule has 0 saturated heterocycles. The Labute approximate surface area is 118 Å². The molecule has 7 heteroatoms. The Hall–Kier alpha value is -2.05. The Morgan fingerprint density at radius 3 is 2.80 bits per heavy atom. The molecule has 1 unspecified atom stereocenters. The van der Waals surface area contributed by atoms with Crippen LogP contribution in [0.3, 0.4) is 0 Å². The van der Waals surface area contributed by atoms with E-state index in [1.54, 1.807) is 0 Å². The number of halogens is 1. The van der Waals surface area contributed by atoms with Crippen molar-refractivity contribution in [3.8, 4) is 5.75 Å². The van der Waals surface area contributed by atoms with Crippen molar-refractivity contribution >= 4 is 28.5 Å². The summed E-state index contributed by atoms with van der Waals surface area (Å²) in [5, 5.41) is 18.4. The van der Waals surface area contributed by atoms with Crippen molar-refractivity contribution in [2.75, 3.05) is 12.5 Å². The third kappa shape index (κ3) is 3.09. The van der Waals surface area contributed by atoms with Crippen LogP contribution in [0.1, 0.15) is 10.6 Å². The highest BCUT2D eigenvalue weighted by molar-refractivity contribution is 6.18. The van der Waals surface area contributed by atoms with Crippen molar-refractivity contribution < 1.29 is 24.2 Å². The lowest BCUT2D eigenvalue weighted by Gasteiger charge is -2.09. The molecule has 2 rings (SSSR count). The molecule has 0 aliphatic carbocycles. The van der Waals surface area contributed by atoms with Gasteiger partial charge in [0.2, 0.25) is 5.76 Å². The number of hydrogen-bond donors (Lipinski definition) is 2. The molecule has 0 saturated carbocycles. The summed E-state index contributed by atoms with van der Waals surface area (Å²) in [6.07, 6.45) is -0.815. The highest BCUT2D eigenvalue weighted by atomic mass is 35.5. The summed E-state index contributed by atoms with van der Waals surface area (Å²) in [4.78, 5) is 22.5. The van der Waals surface area contributed by atoms with Crippen molar-refractivity contribution in [2.24, 2.45) is 0 Å². The van der Waals surface area contributed by atoms with Crippen molar-refractivity contribution in [2.45, 2.75) is 6.10 Å². The van der Waals surface area contributed by atoms with Crippen molar-refractivity contribution in [1.82, 2.24) is 0 Å². The van der Waals surface area contributed by atoms with Gasteiger partial charge in [-0.3, -0.25) is 4.79 Å². The van der Waals surface area contributed by atoms with Gasteiger partial charge in [-0.25, -0.2) is 4.79 Å². The van der Waals surface area contributed by atoms with Crippen LogP contribution in [0.5, 0.6) is 5.75 Å². The standard InChI is InChI=1S/C13H11ClO6/c14-5-7(15)6-19-8-1-2-9-10(16)4-12(13(17)18)20-11(9)3-8/h1-4,7,15H,5-6H2,(H,17,18). The molecule has 0 aliphatic heterocycles. The van der Waals surface area contributed by atoms with E-state index in [1.165, 1.54) is 18.2 Å². The summed E-state index contributed by atoms with van der Waals surface area (Å²) >= 11 is 5.43. The number of aromatic carboxylic acids is 1. The lowest BCUT2D eigenvalue weighted by Crippen LogP contribution is -2.18. The van der Waals surface area contributed by atoms with Crippen LogP contribution >= 0.6 is 11.6 Å². The minimum Gasteiger partial charge on any atom is -0.491 e. The lowest BCUT2D eigenvalue weighted by molar-refractivity contribution is 0.0663. The molecular weight excluding hydrogens is 288 g/mol. The molecule has 0 fully saturated rings. The van der Waals surface area contributed by atoms with Crippen molar-refractivity contribution in [3.05, 3.63) is 40.2 Å². The van der Waals surface area contributed by atoms with E-state index < -0.39 is 23.3 Å². The highest BCUT2D eigenvalue weighted by Crippen LogP contribution is 2.20. The largest absolute Gasteiger partial charge is 0.491 e. The normalized spacial score (nSPS) is 12.3. The number of ether oxygens (including phenoxy) is 1. The van der Waals surface area contributed by atoms with Gasteiger partial charge < -0.3 is 19.4 Å². The summed E-state index contributed by atoms with van der Waals surface area (Å²) in [7, 11) is 0. The molecule has 1 heterocycles. The van der Waals surface area contributed by atoms with E-state index in [0.29, 0.717) is 5.75 Å². The Balaban J connectivity index is 2.37. The Kier molecular flexibility index (Phi) is 4.26. The van der Waals surface area contributed by atoms with Crippen LogP contribution in [0, 0.1) is 0 Å². The number of carboxylic acid groups (broad SMARTS) is 1. The van der Waals surface area contributed by atoms with E-state index in [2.05, 4.69) is 0 Å². The maximum Gasteiger partial charge on any atom is 0.371 e. The van der Waals surface area contributed by atoms with Crippen molar-refractivity contribution in [1.29, 1.82) is 0 Å². The average Bonchev–Trinajstić information content (AvgIpc) is 2.44. The Bertz CT molecular complexity index is 693. The van der Waals surface area contributed by atoms with Gasteiger partial charge in [0.25, 0.3) is 0 Å². The second-order valence-corrected chi connectivity index (χ2v) is 4.37. The molecule has 6 nitrogen and oxygen atoms in total. The zero-order valence-corrected chi connectivity index (χ0v) is 11.0. The zero-order valence-electron chi connectivity index (χ0n) is 10.2. The van der Waals surface area contributed by atoms with E-state index >= 15 is 0 Å². The number of hydrogen-bond acceptors (Lipinski definition) is 5. The average molecular weight is 299 g/mol. The van der Waals surface area contributed by atoms with Gasteiger partial charge in [-0.1, -0.05) is 0 Å². The number of benzene rings is 1. The predicted octanol–water partition coefficient (Wildman–Crippen LogP) is 1.47. The molecular formula is C13H11ClO6. The van der Waals surface area contributed by atoms with E-state index in [0.717, 1.165) is 6.07 Å². The summed E-state index contributed by atoms with van der Waals surface area (Å²) in [6, 6.07) is 5.31. The minimum atomic E-state index is -1.33. The van der Waals surface area contributed by atoms with Crippen LogP contribution in [0.2, 0.25) is 0 Å². The maximum absolute atomic E-state index is 11.7. The second kappa shape index (κ2) is 5.94. The maximum atomic E-state index is 11.7. The topological polar surface area (TPSA) is 97.0 Å². The first kappa shape index (κ1) is 14.4. The van der Waals surface area contributed by atoms with Gasteiger partial charge in [0.05, 0.1) is 11.3 Å². The van der Waals surface area contributed by atoms with Gasteiger partial charge in [-0.15, -0.1) is 11.6 Å². The summed E-state index contributed by atoms with van der Waals surface area (Å²) in [5.74, 6) is -1.40. The highest BCUT2D eigenvalue weighted by Gasteiger charge is 2.11. The molecule has 0 spiro atoms. The fourth-order valence-electron chi connectivity index (χ4n) is 1.57. The number of rotatable bonds is 5. The number of aliphatic hydroxyl groups is 1. The molecule has 2 aromatic rings. The lowest BCUT2D eigenvalue weighted by atomic mass is 10.2. The molecule has 1 atom stereocenters. The van der Waals surface area contributed by atoms with Crippen LogP contribution in [0.25, 0.3) is 11.0 Å². The summed E-state index contributed by atoms with van der Waals surface area (Å²) in [5.41, 5.74) is -0.344. The van der Waals surface area contributed by atoms with Gasteiger partial charge in [-0.2, -0.15) is 0 Å². The summed E-state index contributed by atoms with van der Waals surface area (Å²) in [6.45, 7) is -0.0160. The van der Waals surface area contributed by atoms with Crippen LogP contribution < -0.4 is 10.2 Å². The monoisotopic (exact) mass is 298 g/mol. The molecule has 20 heavy (non-hydrogen) atoms. The molecule has 0 amide bonds. The SMILES string of the molecule is O=C(O)c1cc(=O)c2ccc(OCC(O)CCl)cc2o1. The fraction of sp³-hybridized carbons (Fsp3) is 0.231. The van der Waals surface area contributed by atoms with Crippen LogP contribution in [-0.4, -0.2) is 34.8 Å². The minimum absolute atomic E-state index is 0.0160. The van der Waals surface area contributed by atoms with Gasteiger partial charge in [0.15, 0.2) is 5.43 Å². The first-order valence-corrected chi connectivity index (χ1v) is 6.22. The third-order valence-corrected chi connectivity index (χ3v) is 2.89. The van der Waals surface area contributed by atoms with E-state index in [-0.39, 0.29) is 23.5 Å². The number of carbonyl (C=O) groups is 1. The Morgan fingerprint density at radius 2 is 2.15 bits per heavy atom. The molecule has 0 aliphatic rings. The number of aliphatic hydroxyl groups excluding tert-OH is 1. The van der Waals surface area contributed by atoms with E-state index in [4.69, 9.17) is 25.9 Å². The van der Waals surface area contributed by atoms with Crippen LogP contribution in [-0.2, 0) is 0 Å². The quantitative estimate of drug-likeness (QED) is 0.811. The van der Waals surface area contributed by atoms with E-state index in [9.17, 15) is 14.7 Å². The van der Waals surface area contributed by atoms with Gasteiger partial charge in [-0.05, 0) is 12.1 Å². The molecule has 1 aromatic carbocycles. The smallest absolute Gasteiger partial charge is 0.371 e. The van der Waals surface area contributed by atoms with Gasteiger partial charge in [0.1, 0.15) is 24.0 Å². The third-order valence-electron chi connectivity index (χ3n) is 2.53. The number of fused-ring (bicyclic) bond motifs is 1. The van der Waals surface area contributed by atoms with Gasteiger partial charge >= 0.3 is 5.97 Å². The first-order chi connectivity index (χ1) is 9.51. The summed E-state index contributed by atoms with van der Waals surface area (Å²) < 4.78 is 10.4. The molecule has 0 bridgehead atoms. The predicted molar refractivity (Wildman–Crippen MR) is 71.7 cm³/mol. The van der Waals surface area contributed by atoms with Crippen molar-refractivity contribution in [3.63, 3.8) is 0 Å². The molecule has 106 valence electrons.